The van der Waals surface area contributed by atoms with Crippen molar-refractivity contribution >= 4 is 12.0 Å². The van der Waals surface area contributed by atoms with Crippen LogP contribution >= 0.6 is 0 Å². The molecule has 1 aromatic carbocycles. The zero-order valence-corrected chi connectivity index (χ0v) is 16.3. The number of carbonyl (C=O) groups excluding carboxylic acids is 1. The van der Waals surface area contributed by atoms with Crippen LogP contribution in [-0.4, -0.2) is 12.6 Å². The Morgan fingerprint density at radius 3 is 2.20 bits per heavy atom. The molecular weight excluding hydrogens is 308 g/mol. The lowest BCUT2D eigenvalue weighted by Gasteiger charge is -2.04. The van der Waals surface area contributed by atoms with Gasteiger partial charge in [-0.25, -0.2) is 4.79 Å². The molecule has 0 unspecified atom stereocenters. The predicted octanol–water partition coefficient (Wildman–Crippen LogP) is 6.73. The minimum absolute atomic E-state index is 0.275. The lowest BCUT2D eigenvalue weighted by Crippen LogP contribution is -1.98. The number of unbranched alkanes of at least 4 members (excludes halogenated alkanes) is 9. The molecule has 0 aromatic heterocycles. The SMILES string of the molecule is CCCCCCCCCCCCc1cccc(C=CC(=O)OCC)c1. The van der Waals surface area contributed by atoms with Gasteiger partial charge in [-0.3, -0.25) is 0 Å². The summed E-state index contributed by atoms with van der Waals surface area (Å²) in [4.78, 5) is 11.4. The highest BCUT2D eigenvalue weighted by Gasteiger charge is 1.98. The molecule has 25 heavy (non-hydrogen) atoms. The molecule has 0 fully saturated rings. The van der Waals surface area contributed by atoms with E-state index in [1.165, 1.54) is 75.8 Å². The number of esters is 1. The summed E-state index contributed by atoms with van der Waals surface area (Å²) in [7, 11) is 0. The standard InChI is InChI=1S/C23H36O2/c1-3-5-6-7-8-9-10-11-12-13-15-21-16-14-17-22(20-21)18-19-23(24)25-4-2/h14,16-20H,3-13,15H2,1-2H3. The van der Waals surface area contributed by atoms with Gasteiger partial charge in [0.15, 0.2) is 0 Å². The van der Waals surface area contributed by atoms with Crippen molar-refractivity contribution in [1.82, 2.24) is 0 Å². The molecule has 1 rings (SSSR count). The number of hydrogen-bond acceptors (Lipinski definition) is 2. The number of benzene rings is 1. The molecule has 0 bridgehead atoms. The second-order valence-electron chi connectivity index (χ2n) is 6.76. The van der Waals surface area contributed by atoms with Crippen LogP contribution in [0, 0.1) is 0 Å². The Morgan fingerprint density at radius 1 is 0.920 bits per heavy atom. The third-order valence-corrected chi connectivity index (χ3v) is 4.47. The lowest BCUT2D eigenvalue weighted by atomic mass is 10.0. The zero-order chi connectivity index (χ0) is 18.2. The molecule has 0 radical (unpaired) electrons. The van der Waals surface area contributed by atoms with Gasteiger partial charge in [-0.15, -0.1) is 0 Å². The first-order valence-electron chi connectivity index (χ1n) is 10.2. The number of ether oxygens (including phenoxy) is 1. The Labute approximate surface area is 154 Å². The smallest absolute Gasteiger partial charge is 0.330 e. The number of rotatable bonds is 14. The summed E-state index contributed by atoms with van der Waals surface area (Å²) < 4.78 is 4.91. The van der Waals surface area contributed by atoms with Crippen LogP contribution in [0.2, 0.25) is 0 Å². The van der Waals surface area contributed by atoms with Crippen molar-refractivity contribution < 1.29 is 9.53 Å². The molecule has 0 atom stereocenters. The predicted molar refractivity (Wildman–Crippen MR) is 108 cm³/mol. The van der Waals surface area contributed by atoms with Gasteiger partial charge in [-0.1, -0.05) is 89.0 Å². The summed E-state index contributed by atoms with van der Waals surface area (Å²) in [6, 6.07) is 8.44. The van der Waals surface area contributed by atoms with E-state index in [1.807, 2.05) is 19.1 Å². The van der Waals surface area contributed by atoms with E-state index in [-0.39, 0.29) is 5.97 Å². The maximum atomic E-state index is 11.4. The first kappa shape index (κ1) is 21.5. The van der Waals surface area contributed by atoms with Crippen molar-refractivity contribution in [3.63, 3.8) is 0 Å². The van der Waals surface area contributed by atoms with Crippen molar-refractivity contribution in [2.75, 3.05) is 6.61 Å². The van der Waals surface area contributed by atoms with Gasteiger partial charge in [0.2, 0.25) is 0 Å². The minimum atomic E-state index is -0.275. The largest absolute Gasteiger partial charge is 0.463 e. The highest BCUT2D eigenvalue weighted by molar-refractivity contribution is 5.87. The van der Waals surface area contributed by atoms with Crippen molar-refractivity contribution in [3.8, 4) is 0 Å². The Morgan fingerprint density at radius 2 is 1.56 bits per heavy atom. The van der Waals surface area contributed by atoms with Crippen molar-refractivity contribution in [1.29, 1.82) is 0 Å². The lowest BCUT2D eigenvalue weighted by molar-refractivity contribution is -0.137. The van der Waals surface area contributed by atoms with Gasteiger partial charge in [0.25, 0.3) is 0 Å². The molecule has 0 aliphatic carbocycles. The average molecular weight is 345 g/mol. The van der Waals surface area contributed by atoms with Crippen LogP contribution in [0.1, 0.15) is 89.2 Å². The van der Waals surface area contributed by atoms with Gasteiger partial charge in [0.05, 0.1) is 6.61 Å². The fourth-order valence-corrected chi connectivity index (χ4v) is 3.02. The Bertz CT molecular complexity index is 491. The Kier molecular flexibility index (Phi) is 12.7. The molecule has 0 aliphatic rings. The molecule has 0 saturated carbocycles. The second kappa shape index (κ2) is 14.7. The van der Waals surface area contributed by atoms with Crippen molar-refractivity contribution in [3.05, 3.63) is 41.5 Å². The van der Waals surface area contributed by atoms with Crippen LogP contribution in [-0.2, 0) is 16.0 Å². The maximum absolute atomic E-state index is 11.4. The first-order chi connectivity index (χ1) is 12.3. The summed E-state index contributed by atoms with van der Waals surface area (Å²) in [5, 5.41) is 0. The van der Waals surface area contributed by atoms with Gasteiger partial charge in [-0.2, -0.15) is 0 Å². The van der Waals surface area contributed by atoms with Crippen LogP contribution in [0.4, 0.5) is 0 Å². The number of carbonyl (C=O) groups is 1. The number of hydrogen-bond donors (Lipinski definition) is 0. The Hall–Kier alpha value is -1.57. The maximum Gasteiger partial charge on any atom is 0.330 e. The van der Waals surface area contributed by atoms with Crippen molar-refractivity contribution in [2.45, 2.75) is 84.5 Å². The average Bonchev–Trinajstić information content (AvgIpc) is 2.62. The quantitative estimate of drug-likeness (QED) is 0.212. The molecule has 2 nitrogen and oxygen atoms in total. The van der Waals surface area contributed by atoms with Gasteiger partial charge in [-0.05, 0) is 37.0 Å². The minimum Gasteiger partial charge on any atom is -0.463 e. The molecule has 0 saturated heterocycles. The third kappa shape index (κ3) is 11.6. The van der Waals surface area contributed by atoms with Gasteiger partial charge >= 0.3 is 5.97 Å². The Balaban J connectivity index is 2.15. The van der Waals surface area contributed by atoms with E-state index in [0.29, 0.717) is 6.61 Å². The van der Waals surface area contributed by atoms with Gasteiger partial charge in [0.1, 0.15) is 0 Å². The van der Waals surface area contributed by atoms with Crippen LogP contribution in [0.15, 0.2) is 30.3 Å². The topological polar surface area (TPSA) is 26.3 Å². The monoisotopic (exact) mass is 344 g/mol. The van der Waals surface area contributed by atoms with E-state index in [1.54, 1.807) is 0 Å². The molecule has 2 heteroatoms. The molecule has 1 aromatic rings. The molecule has 0 N–H and O–H groups in total. The first-order valence-corrected chi connectivity index (χ1v) is 10.2. The number of aryl methyl sites for hydroxylation is 1. The molecular formula is C23H36O2. The summed E-state index contributed by atoms with van der Waals surface area (Å²) >= 11 is 0. The van der Waals surface area contributed by atoms with E-state index in [2.05, 4.69) is 25.1 Å². The zero-order valence-electron chi connectivity index (χ0n) is 16.3. The van der Waals surface area contributed by atoms with Crippen LogP contribution in [0.3, 0.4) is 0 Å². The molecule has 140 valence electrons. The fraction of sp³-hybridized carbons (Fsp3) is 0.609. The van der Waals surface area contributed by atoms with E-state index in [9.17, 15) is 4.79 Å². The molecule has 0 heterocycles. The normalized spacial score (nSPS) is 11.1. The van der Waals surface area contributed by atoms with E-state index >= 15 is 0 Å². The molecule has 0 spiro atoms. The van der Waals surface area contributed by atoms with Crippen LogP contribution in [0.5, 0.6) is 0 Å². The highest BCUT2D eigenvalue weighted by atomic mass is 16.5. The third-order valence-electron chi connectivity index (χ3n) is 4.47. The van der Waals surface area contributed by atoms with Crippen LogP contribution < -0.4 is 0 Å². The van der Waals surface area contributed by atoms with Gasteiger partial charge in [0, 0.05) is 6.08 Å². The second-order valence-corrected chi connectivity index (χ2v) is 6.76. The highest BCUT2D eigenvalue weighted by Crippen LogP contribution is 2.14. The van der Waals surface area contributed by atoms with Gasteiger partial charge < -0.3 is 4.74 Å². The van der Waals surface area contributed by atoms with E-state index < -0.39 is 0 Å². The fourth-order valence-electron chi connectivity index (χ4n) is 3.02. The molecule has 0 amide bonds. The van der Waals surface area contributed by atoms with Crippen molar-refractivity contribution in [2.24, 2.45) is 0 Å². The van der Waals surface area contributed by atoms with Crippen LogP contribution in [0.25, 0.3) is 6.08 Å². The molecule has 0 aliphatic heterocycles. The summed E-state index contributed by atoms with van der Waals surface area (Å²) in [5.41, 5.74) is 2.42. The van der Waals surface area contributed by atoms with E-state index in [4.69, 9.17) is 4.74 Å². The van der Waals surface area contributed by atoms with E-state index in [0.717, 1.165) is 12.0 Å². The summed E-state index contributed by atoms with van der Waals surface area (Å²) in [5.74, 6) is -0.275. The summed E-state index contributed by atoms with van der Waals surface area (Å²) in [6.45, 7) is 4.51. The summed E-state index contributed by atoms with van der Waals surface area (Å²) in [6.07, 6.45) is 18.1.